The molecule has 2 saturated heterocycles. The third-order valence-corrected chi connectivity index (χ3v) is 13.5. The molecule has 60 heavy (non-hydrogen) atoms. The highest BCUT2D eigenvalue weighted by atomic mass is 16.3. The number of rotatable bonds is 14. The highest BCUT2D eigenvalue weighted by Gasteiger charge is 2.67. The lowest BCUT2D eigenvalue weighted by Gasteiger charge is -2.54. The molecule has 7 amide bonds. The second-order valence-corrected chi connectivity index (χ2v) is 17.6. The smallest absolute Gasteiger partial charge is 0.239 e. The van der Waals surface area contributed by atoms with Crippen LogP contribution in [0.1, 0.15) is 51.9 Å². The van der Waals surface area contributed by atoms with E-state index < -0.39 is 108 Å². The number of amides is 7. The predicted octanol–water partition coefficient (Wildman–Crippen LogP) is -1.25. The highest BCUT2D eigenvalue weighted by Crippen LogP contribution is 2.58. The van der Waals surface area contributed by atoms with Crippen LogP contribution < -0.4 is 26.6 Å². The predicted molar refractivity (Wildman–Crippen MR) is 211 cm³/mol. The Labute approximate surface area is 342 Å². The largest absolute Gasteiger partial charge is 0.395 e. The van der Waals surface area contributed by atoms with Crippen LogP contribution in [0.3, 0.4) is 0 Å². The van der Waals surface area contributed by atoms with Gasteiger partial charge in [0.1, 0.15) is 6.54 Å². The number of piperidine rings is 2. The molecule has 3 aromatic rings. The maximum absolute atomic E-state index is 14.2. The number of benzene rings is 2. The number of aliphatic hydroxyl groups is 6. The van der Waals surface area contributed by atoms with E-state index in [1.54, 1.807) is 41.0 Å². The molecule has 0 radical (unpaired) electrons. The molecule has 1 aromatic heterocycles. The van der Waals surface area contributed by atoms with E-state index in [4.69, 9.17) is 0 Å². The van der Waals surface area contributed by atoms with Gasteiger partial charge in [0, 0.05) is 39.7 Å². The zero-order valence-corrected chi connectivity index (χ0v) is 33.1. The van der Waals surface area contributed by atoms with Crippen molar-refractivity contribution in [1.82, 2.24) is 20.5 Å². The molecule has 19 heteroatoms. The molecule has 19 nitrogen and oxygen atoms in total. The first-order valence-electron chi connectivity index (χ1n) is 19.8. The normalized spacial score (nSPS) is 31.1. The molecule has 2 unspecified atom stereocenters. The molecular weight excluding hydrogens is 784 g/mol. The van der Waals surface area contributed by atoms with Crippen LogP contribution in [0.4, 0.5) is 11.4 Å². The Morgan fingerprint density at radius 2 is 0.950 bits per heavy atom. The Kier molecular flexibility index (Phi) is 10.9. The minimum atomic E-state index is -1.77. The first-order chi connectivity index (χ1) is 28.5. The molecule has 4 aliphatic rings. The van der Waals surface area contributed by atoms with E-state index in [2.05, 4.69) is 26.6 Å². The van der Waals surface area contributed by atoms with Gasteiger partial charge in [0.15, 0.2) is 0 Å². The zero-order valence-electron chi connectivity index (χ0n) is 33.1. The van der Waals surface area contributed by atoms with Crippen LogP contribution in [-0.4, -0.2) is 123 Å². The maximum atomic E-state index is 14.2. The van der Waals surface area contributed by atoms with Crippen LogP contribution in [0.2, 0.25) is 0 Å². The van der Waals surface area contributed by atoms with Gasteiger partial charge in [0.2, 0.25) is 41.4 Å². The average Bonchev–Trinajstić information content (AvgIpc) is 3.54. The van der Waals surface area contributed by atoms with Crippen molar-refractivity contribution < 1.29 is 64.2 Å². The maximum Gasteiger partial charge on any atom is 0.239 e. The lowest BCUT2D eigenvalue weighted by molar-refractivity contribution is -0.178. The first-order valence-corrected chi connectivity index (χ1v) is 19.8. The monoisotopic (exact) mass is 834 g/mol. The van der Waals surface area contributed by atoms with E-state index in [0.717, 1.165) is 0 Å². The second-order valence-electron chi connectivity index (χ2n) is 17.6. The molecule has 6 atom stereocenters. The molecule has 322 valence electrons. The van der Waals surface area contributed by atoms with Crippen LogP contribution in [0.25, 0.3) is 21.8 Å². The lowest BCUT2D eigenvalue weighted by atomic mass is 9.50. The minimum absolute atomic E-state index is 0.107. The number of imide groups is 2. The van der Waals surface area contributed by atoms with Crippen LogP contribution in [0.5, 0.6) is 0 Å². The molecule has 7 rings (SSSR count). The number of hydrogen-bond acceptors (Lipinski definition) is 13. The summed E-state index contributed by atoms with van der Waals surface area (Å²) in [6.45, 7) is -2.34. The van der Waals surface area contributed by atoms with Crippen LogP contribution in [0, 0.1) is 32.5 Å². The van der Waals surface area contributed by atoms with Gasteiger partial charge in [-0.1, -0.05) is 6.92 Å². The van der Waals surface area contributed by atoms with Gasteiger partial charge >= 0.3 is 0 Å². The summed E-state index contributed by atoms with van der Waals surface area (Å²) in [7, 11) is 0. The van der Waals surface area contributed by atoms with E-state index in [1.807, 2.05) is 6.92 Å². The number of carbonyl (C=O) groups is 7. The summed E-state index contributed by atoms with van der Waals surface area (Å²) in [5.74, 6) is -5.04. The fraction of sp³-hybridized carbons (Fsp3) is 0.537. The summed E-state index contributed by atoms with van der Waals surface area (Å²) in [6, 6.07) is 9.66. The Hall–Kier alpha value is -5.31. The van der Waals surface area contributed by atoms with Crippen molar-refractivity contribution in [3.63, 3.8) is 0 Å². The van der Waals surface area contributed by atoms with Gasteiger partial charge in [0.25, 0.3) is 0 Å². The molecule has 4 fully saturated rings. The summed E-state index contributed by atoms with van der Waals surface area (Å²) in [4.78, 5) is 93.8. The van der Waals surface area contributed by atoms with Gasteiger partial charge in [0.05, 0.1) is 72.1 Å². The summed E-state index contributed by atoms with van der Waals surface area (Å²) in [5, 5.41) is 76.9. The topological polar surface area (TPSA) is 306 Å². The molecular formula is C41H50N6O13. The van der Waals surface area contributed by atoms with Crippen molar-refractivity contribution in [3.05, 3.63) is 36.4 Å². The average molecular weight is 835 g/mol. The fourth-order valence-electron chi connectivity index (χ4n) is 10.5. The molecule has 4 bridgehead atoms. The van der Waals surface area contributed by atoms with Gasteiger partial charge < -0.3 is 51.2 Å². The van der Waals surface area contributed by atoms with Crippen LogP contribution >= 0.6 is 0 Å². The summed E-state index contributed by atoms with van der Waals surface area (Å²) in [6.07, 6.45) is -0.978. The Morgan fingerprint density at radius 3 is 1.27 bits per heavy atom. The molecule has 3 heterocycles. The molecule has 2 saturated carbocycles. The highest BCUT2D eigenvalue weighted by molar-refractivity contribution is 6.13. The number of aliphatic hydroxyl groups excluding tert-OH is 6. The summed E-state index contributed by atoms with van der Waals surface area (Å²) in [5.41, 5.74) is -8.54. The fourth-order valence-corrected chi connectivity index (χ4v) is 10.5. The van der Waals surface area contributed by atoms with Crippen LogP contribution in [0.15, 0.2) is 36.4 Å². The quantitative estimate of drug-likeness (QED) is 0.0848. The Balaban J connectivity index is 1.26. The zero-order chi connectivity index (χ0) is 43.5. The van der Waals surface area contributed by atoms with Crippen molar-refractivity contribution in [2.75, 3.05) is 56.8 Å². The number of hydrogen-bond donors (Lipinski definition) is 11. The SMILES string of the molecule is CCCNC(=O)Cn1c2ccc(NC(=O)C3(CO)C[C@@]4(CO)C[C@@](CO)(C3)C(=O)NC4=O)cc2c2cc(NC(=O)C3(CO)C[C@@]4(CO)C[C@@](CO)(C3)C(=O)NC4=O)ccc21. The van der Waals surface area contributed by atoms with E-state index in [-0.39, 0.29) is 62.4 Å². The Morgan fingerprint density at radius 1 is 0.583 bits per heavy atom. The van der Waals surface area contributed by atoms with Crippen molar-refractivity contribution in [2.45, 2.75) is 58.4 Å². The summed E-state index contributed by atoms with van der Waals surface area (Å²) >= 11 is 0. The first kappa shape index (κ1) is 42.8. The second kappa shape index (κ2) is 15.3. The third kappa shape index (κ3) is 6.54. The van der Waals surface area contributed by atoms with Crippen molar-refractivity contribution in [2.24, 2.45) is 32.5 Å². The number of aromatic nitrogens is 1. The van der Waals surface area contributed by atoms with Crippen molar-refractivity contribution in [3.8, 4) is 0 Å². The van der Waals surface area contributed by atoms with Gasteiger partial charge in [-0.15, -0.1) is 0 Å². The van der Waals surface area contributed by atoms with Gasteiger partial charge in [-0.2, -0.15) is 0 Å². The lowest BCUT2D eigenvalue weighted by Crippen LogP contribution is -2.68. The van der Waals surface area contributed by atoms with Gasteiger partial charge in [-0.25, -0.2) is 0 Å². The number of nitrogens with one attached hydrogen (secondary N) is 5. The minimum Gasteiger partial charge on any atom is -0.395 e. The van der Waals surface area contributed by atoms with Crippen molar-refractivity contribution >= 4 is 74.5 Å². The van der Waals surface area contributed by atoms with E-state index in [0.29, 0.717) is 34.8 Å². The van der Waals surface area contributed by atoms with E-state index in [9.17, 15) is 64.2 Å². The van der Waals surface area contributed by atoms with Gasteiger partial charge in [-0.05, 0) is 81.3 Å². The number of anilines is 2. The third-order valence-electron chi connectivity index (χ3n) is 13.5. The van der Waals surface area contributed by atoms with Crippen molar-refractivity contribution in [1.29, 1.82) is 0 Å². The van der Waals surface area contributed by atoms with E-state index >= 15 is 0 Å². The summed E-state index contributed by atoms with van der Waals surface area (Å²) < 4.78 is 1.74. The number of nitrogens with zero attached hydrogens (tertiary/aromatic N) is 1. The molecule has 2 aliphatic heterocycles. The van der Waals surface area contributed by atoms with Gasteiger partial charge in [-0.3, -0.25) is 44.2 Å². The number of carbonyl (C=O) groups excluding carboxylic acids is 7. The molecule has 2 aliphatic carbocycles. The van der Waals surface area contributed by atoms with Crippen LogP contribution in [-0.2, 0) is 40.1 Å². The molecule has 2 aromatic carbocycles. The molecule has 11 N–H and O–H groups in total. The molecule has 0 spiro atoms. The Bertz CT molecular complexity index is 2120. The van der Waals surface area contributed by atoms with E-state index in [1.165, 1.54) is 0 Å². The standard InChI is InChI=1S/C41H50N6O13/c1-2-7-42-29(54)10-47-27-5-3-23(43-30(55)36(17-48)11-38(19-50)15-39(12-36,20-51)33(58)45-32(38)57)8-25(27)26-9-24(4-6-28(26)47)44-31(56)37(18-49)13-40(21-52)16-41(14-37,22-53)35(60)46-34(40)59/h3-6,8-9,48-53H,2,7,10-22H2,1H3,(H,42,54)(H,43,55)(H,44,56)(H,45,57,58)(H,46,59,60)/t36?,37?,38-,39+,40-,41+. The number of fused-ring (bicyclic) bond motifs is 7.